The minimum atomic E-state index is -0.451. The van der Waals surface area contributed by atoms with Crippen LogP contribution >= 0.6 is 23.2 Å². The third kappa shape index (κ3) is 6.12. The molecule has 6 nitrogen and oxygen atoms in total. The first-order chi connectivity index (χ1) is 17.3. The van der Waals surface area contributed by atoms with Gasteiger partial charge in [-0.05, 0) is 100 Å². The molecular formula is C28H32Cl2N4O2. The summed E-state index contributed by atoms with van der Waals surface area (Å²) >= 11 is 12.1. The molecule has 0 aromatic heterocycles. The molecule has 0 fully saturated rings. The van der Waals surface area contributed by atoms with Gasteiger partial charge in [-0.1, -0.05) is 23.2 Å². The molecule has 0 unspecified atom stereocenters. The Morgan fingerprint density at radius 2 is 0.861 bits per heavy atom. The van der Waals surface area contributed by atoms with Crippen molar-refractivity contribution in [3.8, 4) is 0 Å². The van der Waals surface area contributed by atoms with E-state index in [1.54, 1.807) is 58.3 Å². The largest absolute Gasteiger partial charge is 0.372 e. The molecule has 4 amide bonds. The van der Waals surface area contributed by atoms with Gasteiger partial charge in [0.2, 0.25) is 0 Å². The summed E-state index contributed by atoms with van der Waals surface area (Å²) in [5.41, 5.74) is 2.82. The number of hydrogen-bond donors (Lipinski definition) is 0. The van der Waals surface area contributed by atoms with Crippen molar-refractivity contribution in [3.63, 3.8) is 0 Å². The van der Waals surface area contributed by atoms with Gasteiger partial charge in [0.25, 0.3) is 0 Å². The van der Waals surface area contributed by atoms with Gasteiger partial charge < -0.3 is 4.90 Å². The van der Waals surface area contributed by atoms with Crippen LogP contribution < -0.4 is 19.6 Å². The predicted octanol–water partition coefficient (Wildman–Crippen LogP) is 7.94. The fraction of sp³-hybridized carbons (Fsp3) is 0.286. The monoisotopic (exact) mass is 526 g/mol. The molecule has 0 saturated carbocycles. The highest BCUT2D eigenvalue weighted by Gasteiger charge is 2.32. The summed E-state index contributed by atoms with van der Waals surface area (Å²) in [7, 11) is 0. The lowest BCUT2D eigenvalue weighted by molar-refractivity contribution is 0.240. The normalized spacial score (nSPS) is 10.6. The first-order valence-electron chi connectivity index (χ1n) is 12.1. The van der Waals surface area contributed by atoms with Crippen molar-refractivity contribution < 1.29 is 9.59 Å². The number of carbonyl (C=O) groups is 2. The molecule has 0 saturated heterocycles. The van der Waals surface area contributed by atoms with Gasteiger partial charge in [-0.25, -0.2) is 14.5 Å². The Hall–Kier alpha value is -3.22. The van der Waals surface area contributed by atoms with Gasteiger partial charge >= 0.3 is 12.1 Å². The highest BCUT2D eigenvalue weighted by molar-refractivity contribution is 6.31. The number of carbonyl (C=O) groups excluding carboxylic acids is 2. The summed E-state index contributed by atoms with van der Waals surface area (Å²) in [4.78, 5) is 34.5. The van der Waals surface area contributed by atoms with Crippen molar-refractivity contribution in [1.29, 1.82) is 0 Å². The second-order valence-electron chi connectivity index (χ2n) is 8.03. The maximum absolute atomic E-state index is 14.0. The smallest absolute Gasteiger partial charge is 0.337 e. The van der Waals surface area contributed by atoms with E-state index in [1.165, 1.54) is 4.90 Å². The number of anilines is 4. The second kappa shape index (κ2) is 12.7. The van der Waals surface area contributed by atoms with E-state index in [9.17, 15) is 9.59 Å². The standard InChI is InChI=1S/C28H32Cl2N4O2/c1-5-31(6-2)23-17-19-26(20-18-23)34(27(35)32(7-3)24-13-9-21(29)10-14-24)28(36)33(8-4)25-15-11-22(30)12-16-25/h9-20H,5-8H2,1-4H3. The Morgan fingerprint density at radius 1 is 0.528 bits per heavy atom. The Kier molecular flexibility index (Phi) is 9.62. The number of amides is 4. The van der Waals surface area contributed by atoms with E-state index in [2.05, 4.69) is 18.7 Å². The molecule has 3 aromatic rings. The number of nitrogens with zero attached hydrogens (tertiary/aromatic N) is 4. The molecule has 0 aliphatic rings. The summed E-state index contributed by atoms with van der Waals surface area (Å²) in [6.07, 6.45) is 0. The summed E-state index contributed by atoms with van der Waals surface area (Å²) in [5.74, 6) is 0. The van der Waals surface area contributed by atoms with Gasteiger partial charge in [0.1, 0.15) is 0 Å². The molecule has 36 heavy (non-hydrogen) atoms. The molecule has 0 aliphatic carbocycles. The second-order valence-corrected chi connectivity index (χ2v) is 8.90. The number of rotatable bonds is 8. The number of benzene rings is 3. The van der Waals surface area contributed by atoms with Crippen molar-refractivity contribution in [2.24, 2.45) is 0 Å². The van der Waals surface area contributed by atoms with Crippen LogP contribution in [0.15, 0.2) is 72.8 Å². The molecule has 0 heterocycles. The van der Waals surface area contributed by atoms with Gasteiger partial charge in [0, 0.05) is 53.3 Å². The van der Waals surface area contributed by atoms with Crippen LogP contribution in [-0.2, 0) is 0 Å². The summed E-state index contributed by atoms with van der Waals surface area (Å²) in [6.45, 7) is 10.4. The van der Waals surface area contributed by atoms with Gasteiger partial charge in [-0.15, -0.1) is 0 Å². The lowest BCUT2D eigenvalue weighted by Gasteiger charge is -2.33. The van der Waals surface area contributed by atoms with Crippen molar-refractivity contribution in [2.75, 3.05) is 45.8 Å². The fourth-order valence-corrected chi connectivity index (χ4v) is 4.30. The third-order valence-electron chi connectivity index (χ3n) is 5.99. The minimum Gasteiger partial charge on any atom is -0.372 e. The highest BCUT2D eigenvalue weighted by Crippen LogP contribution is 2.28. The Morgan fingerprint density at radius 3 is 1.19 bits per heavy atom. The molecule has 0 radical (unpaired) electrons. The Labute approximate surface area is 223 Å². The third-order valence-corrected chi connectivity index (χ3v) is 6.49. The fourth-order valence-electron chi connectivity index (χ4n) is 4.04. The van der Waals surface area contributed by atoms with E-state index < -0.39 is 12.1 Å². The molecule has 0 bridgehead atoms. The SMILES string of the molecule is CCN(CC)c1ccc(N(C(=O)N(CC)c2ccc(Cl)cc2)C(=O)N(CC)c2ccc(Cl)cc2)cc1. The highest BCUT2D eigenvalue weighted by atomic mass is 35.5. The molecule has 0 atom stereocenters. The van der Waals surface area contributed by atoms with Crippen LogP contribution in [0, 0.1) is 0 Å². The van der Waals surface area contributed by atoms with Crippen molar-refractivity contribution >= 4 is 58.0 Å². The molecular weight excluding hydrogens is 495 g/mol. The zero-order valence-corrected chi connectivity index (χ0v) is 22.6. The quantitative estimate of drug-likeness (QED) is 0.299. The maximum atomic E-state index is 14.0. The number of halogens is 2. The first kappa shape index (κ1) is 27.4. The van der Waals surface area contributed by atoms with Crippen LogP contribution in [0.4, 0.5) is 32.3 Å². The number of imide groups is 1. The van der Waals surface area contributed by atoms with Crippen LogP contribution in [0.5, 0.6) is 0 Å². The lowest BCUT2D eigenvalue weighted by atomic mass is 10.2. The van der Waals surface area contributed by atoms with Crippen LogP contribution in [0.25, 0.3) is 0 Å². The first-order valence-corrected chi connectivity index (χ1v) is 12.9. The van der Waals surface area contributed by atoms with Crippen molar-refractivity contribution in [3.05, 3.63) is 82.8 Å². The van der Waals surface area contributed by atoms with Crippen LogP contribution in [0.3, 0.4) is 0 Å². The van der Waals surface area contributed by atoms with E-state index in [4.69, 9.17) is 23.2 Å². The zero-order valence-electron chi connectivity index (χ0n) is 21.1. The summed E-state index contributed by atoms with van der Waals surface area (Å²) in [6, 6.07) is 20.6. The topological polar surface area (TPSA) is 47.1 Å². The molecule has 0 aliphatic heterocycles. The Balaban J connectivity index is 2.06. The van der Waals surface area contributed by atoms with Crippen LogP contribution in [0.2, 0.25) is 10.0 Å². The van der Waals surface area contributed by atoms with Crippen molar-refractivity contribution in [1.82, 2.24) is 0 Å². The summed E-state index contributed by atoms with van der Waals surface area (Å²) in [5, 5.41) is 1.14. The summed E-state index contributed by atoms with van der Waals surface area (Å²) < 4.78 is 0. The molecule has 3 rings (SSSR count). The van der Waals surface area contributed by atoms with Gasteiger partial charge in [-0.2, -0.15) is 0 Å². The molecule has 190 valence electrons. The van der Waals surface area contributed by atoms with Crippen LogP contribution in [0.1, 0.15) is 27.7 Å². The average Bonchev–Trinajstić information content (AvgIpc) is 2.89. The lowest BCUT2D eigenvalue weighted by Crippen LogP contribution is -2.52. The van der Waals surface area contributed by atoms with Gasteiger partial charge in [0.15, 0.2) is 0 Å². The maximum Gasteiger partial charge on any atom is 0.337 e. The minimum absolute atomic E-state index is 0.370. The average molecular weight is 527 g/mol. The van der Waals surface area contributed by atoms with E-state index >= 15 is 0 Å². The van der Waals surface area contributed by atoms with Gasteiger partial charge in [-0.3, -0.25) is 9.80 Å². The van der Waals surface area contributed by atoms with Gasteiger partial charge in [0.05, 0.1) is 5.69 Å². The molecule has 8 heteroatoms. The molecule has 3 aromatic carbocycles. The zero-order chi connectivity index (χ0) is 26.2. The van der Waals surface area contributed by atoms with Crippen LogP contribution in [-0.4, -0.2) is 38.2 Å². The van der Waals surface area contributed by atoms with E-state index in [1.807, 2.05) is 38.1 Å². The van der Waals surface area contributed by atoms with E-state index in [0.717, 1.165) is 18.8 Å². The van der Waals surface area contributed by atoms with E-state index in [-0.39, 0.29) is 0 Å². The van der Waals surface area contributed by atoms with E-state index in [0.29, 0.717) is 40.2 Å². The number of hydrogen-bond acceptors (Lipinski definition) is 3. The Bertz CT molecular complexity index is 1080. The number of urea groups is 2. The molecule has 0 N–H and O–H groups in total. The van der Waals surface area contributed by atoms with Crippen molar-refractivity contribution in [2.45, 2.75) is 27.7 Å². The molecule has 0 spiro atoms. The predicted molar refractivity (Wildman–Crippen MR) is 152 cm³/mol.